The van der Waals surface area contributed by atoms with Crippen LogP contribution in [0.15, 0.2) is 30.5 Å². The van der Waals surface area contributed by atoms with Gasteiger partial charge in [-0.3, -0.25) is 14.4 Å². The molecule has 0 fully saturated rings. The summed E-state index contributed by atoms with van der Waals surface area (Å²) in [6.07, 6.45) is 1.61. The van der Waals surface area contributed by atoms with Gasteiger partial charge in [-0.15, -0.1) is 0 Å². The maximum atomic E-state index is 12.6. The maximum Gasteiger partial charge on any atom is 0.292 e. The van der Waals surface area contributed by atoms with Crippen molar-refractivity contribution in [3.8, 4) is 0 Å². The summed E-state index contributed by atoms with van der Waals surface area (Å²) in [4.78, 5) is 41.0. The molecule has 1 heterocycles. The summed E-state index contributed by atoms with van der Waals surface area (Å²) < 4.78 is 1.75. The molecule has 0 aliphatic heterocycles. The third-order valence-electron chi connectivity index (χ3n) is 4.51. The minimum Gasteiger partial charge on any atom is -0.348 e. The molecule has 2 amide bonds. The Morgan fingerprint density at radius 1 is 1.07 bits per heavy atom. The van der Waals surface area contributed by atoms with Crippen molar-refractivity contribution in [2.75, 3.05) is 40.3 Å². The number of rotatable bonds is 9. The number of Topliss-reactive ketones (excluding diaryl/α,β-unsaturated/α-hetero) is 1. The average molecular weight is 372 g/mol. The molecule has 0 saturated carbocycles. The van der Waals surface area contributed by atoms with Crippen LogP contribution in [0.25, 0.3) is 10.9 Å². The number of ketones is 1. The van der Waals surface area contributed by atoms with Gasteiger partial charge in [-0.05, 0) is 34.0 Å². The van der Waals surface area contributed by atoms with Crippen LogP contribution in [-0.4, -0.2) is 72.2 Å². The van der Waals surface area contributed by atoms with Gasteiger partial charge in [0.15, 0.2) is 0 Å². The molecule has 0 aliphatic rings. The number of nitrogens with zero attached hydrogens (tertiary/aromatic N) is 3. The van der Waals surface area contributed by atoms with Crippen molar-refractivity contribution in [1.29, 1.82) is 0 Å². The zero-order valence-corrected chi connectivity index (χ0v) is 16.5. The lowest BCUT2D eigenvalue weighted by atomic mass is 10.1. The van der Waals surface area contributed by atoms with Crippen molar-refractivity contribution in [3.63, 3.8) is 0 Å². The summed E-state index contributed by atoms with van der Waals surface area (Å²) in [6.45, 7) is 6.32. The molecule has 7 heteroatoms. The van der Waals surface area contributed by atoms with Gasteiger partial charge in [0.05, 0.1) is 5.56 Å². The molecule has 0 spiro atoms. The van der Waals surface area contributed by atoms with Crippen molar-refractivity contribution >= 4 is 28.5 Å². The number of fused-ring (bicyclic) bond motifs is 1. The lowest BCUT2D eigenvalue weighted by Crippen LogP contribution is -2.36. The first-order valence-corrected chi connectivity index (χ1v) is 9.21. The van der Waals surface area contributed by atoms with Gasteiger partial charge in [-0.1, -0.05) is 18.2 Å². The van der Waals surface area contributed by atoms with E-state index in [1.165, 1.54) is 0 Å². The summed E-state index contributed by atoms with van der Waals surface area (Å²) in [6, 6.07) is 7.32. The van der Waals surface area contributed by atoms with Gasteiger partial charge in [0, 0.05) is 43.3 Å². The molecule has 1 aromatic heterocycles. The first kappa shape index (κ1) is 20.6. The Kier molecular flexibility index (Phi) is 7.12. The van der Waals surface area contributed by atoms with Gasteiger partial charge >= 0.3 is 0 Å². The molecule has 7 nitrogen and oxygen atoms in total. The second kappa shape index (κ2) is 9.32. The fourth-order valence-corrected chi connectivity index (χ4v) is 2.98. The van der Waals surface area contributed by atoms with E-state index in [0.29, 0.717) is 37.1 Å². The summed E-state index contributed by atoms with van der Waals surface area (Å²) in [7, 11) is 3.79. The number of amides is 2. The predicted molar refractivity (Wildman–Crippen MR) is 106 cm³/mol. The number of para-hydroxylation sites is 1. The smallest absolute Gasteiger partial charge is 0.292 e. The van der Waals surface area contributed by atoms with Crippen molar-refractivity contribution in [2.45, 2.75) is 20.4 Å². The first-order chi connectivity index (χ1) is 12.9. The maximum absolute atomic E-state index is 12.6. The molecule has 2 rings (SSSR count). The van der Waals surface area contributed by atoms with Crippen LogP contribution in [0.1, 0.15) is 24.2 Å². The number of carbonyl (C=O) groups excluding carboxylic acids is 3. The molecular weight excluding hydrogens is 344 g/mol. The molecule has 146 valence electrons. The summed E-state index contributed by atoms with van der Waals surface area (Å²) in [5.41, 5.74) is 1.09. The number of hydrogen-bond acceptors (Lipinski definition) is 4. The first-order valence-electron chi connectivity index (χ1n) is 9.21. The summed E-state index contributed by atoms with van der Waals surface area (Å²) >= 11 is 0. The highest BCUT2D eigenvalue weighted by Crippen LogP contribution is 2.22. The van der Waals surface area contributed by atoms with Gasteiger partial charge in [0.2, 0.25) is 5.91 Å². The molecule has 1 aromatic carbocycles. The second-order valence-electron chi connectivity index (χ2n) is 6.64. The van der Waals surface area contributed by atoms with E-state index in [2.05, 4.69) is 5.32 Å². The van der Waals surface area contributed by atoms with E-state index in [9.17, 15) is 14.4 Å². The molecule has 2 aromatic rings. The minimum absolute atomic E-state index is 0.0183. The van der Waals surface area contributed by atoms with Gasteiger partial charge in [0.1, 0.15) is 6.54 Å². The molecule has 0 saturated heterocycles. The normalized spacial score (nSPS) is 11.0. The second-order valence-corrected chi connectivity index (χ2v) is 6.64. The zero-order chi connectivity index (χ0) is 20.0. The fraction of sp³-hybridized carbons (Fsp3) is 0.450. The highest BCUT2D eigenvalue weighted by molar-refractivity contribution is 6.45. The third kappa shape index (κ3) is 4.95. The Bertz CT molecular complexity index is 822. The number of nitrogens with one attached hydrogen (secondary N) is 1. The zero-order valence-electron chi connectivity index (χ0n) is 16.5. The van der Waals surface area contributed by atoms with Crippen LogP contribution in [0.3, 0.4) is 0 Å². The van der Waals surface area contributed by atoms with Crippen LogP contribution >= 0.6 is 0 Å². The van der Waals surface area contributed by atoms with Crippen LogP contribution in [0, 0.1) is 0 Å². The van der Waals surface area contributed by atoms with Crippen LogP contribution in [0.5, 0.6) is 0 Å². The summed E-state index contributed by atoms with van der Waals surface area (Å²) in [5, 5.41) is 3.33. The molecular formula is C20H28N4O3. The van der Waals surface area contributed by atoms with E-state index < -0.39 is 11.7 Å². The predicted octanol–water partition coefficient (Wildman–Crippen LogP) is 1.37. The van der Waals surface area contributed by atoms with E-state index in [1.807, 2.05) is 51.0 Å². The third-order valence-corrected chi connectivity index (χ3v) is 4.51. The molecule has 0 bridgehead atoms. The average Bonchev–Trinajstić information content (AvgIpc) is 3.00. The topological polar surface area (TPSA) is 74.6 Å². The lowest BCUT2D eigenvalue weighted by Gasteiger charge is -2.19. The Labute approximate surface area is 159 Å². The van der Waals surface area contributed by atoms with Gasteiger partial charge < -0.3 is 19.7 Å². The van der Waals surface area contributed by atoms with E-state index in [0.717, 1.165) is 5.52 Å². The van der Waals surface area contributed by atoms with Gasteiger partial charge in [-0.2, -0.15) is 0 Å². The molecule has 0 aliphatic carbocycles. The standard InChI is InChI=1S/C20H28N4O3/c1-5-23(6-2)18(25)14-24-13-16(15-9-7-8-10-17(15)24)19(26)20(27)21-11-12-22(3)4/h7-10,13H,5-6,11-12,14H2,1-4H3,(H,21,27). The van der Waals surface area contributed by atoms with Crippen molar-refractivity contribution < 1.29 is 14.4 Å². The number of likely N-dealkylation sites (N-methyl/N-ethyl adjacent to an activating group) is 2. The largest absolute Gasteiger partial charge is 0.348 e. The van der Waals surface area contributed by atoms with Gasteiger partial charge in [-0.25, -0.2) is 0 Å². The van der Waals surface area contributed by atoms with Crippen molar-refractivity contribution in [3.05, 3.63) is 36.0 Å². The van der Waals surface area contributed by atoms with Crippen LogP contribution < -0.4 is 5.32 Å². The lowest BCUT2D eigenvalue weighted by molar-refractivity contribution is -0.131. The molecule has 27 heavy (non-hydrogen) atoms. The molecule has 0 radical (unpaired) electrons. The van der Waals surface area contributed by atoms with Gasteiger partial charge in [0.25, 0.3) is 11.7 Å². The Balaban J connectivity index is 2.26. The van der Waals surface area contributed by atoms with E-state index in [-0.39, 0.29) is 12.5 Å². The van der Waals surface area contributed by atoms with Crippen molar-refractivity contribution in [1.82, 2.24) is 19.7 Å². The molecule has 0 unspecified atom stereocenters. The van der Waals surface area contributed by atoms with E-state index >= 15 is 0 Å². The van der Waals surface area contributed by atoms with E-state index in [4.69, 9.17) is 0 Å². The van der Waals surface area contributed by atoms with Crippen molar-refractivity contribution in [2.24, 2.45) is 0 Å². The number of benzene rings is 1. The van der Waals surface area contributed by atoms with Crippen LogP contribution in [-0.2, 0) is 16.1 Å². The Morgan fingerprint density at radius 2 is 1.74 bits per heavy atom. The Hall–Kier alpha value is -2.67. The number of hydrogen-bond donors (Lipinski definition) is 1. The highest BCUT2D eigenvalue weighted by atomic mass is 16.2. The summed E-state index contributed by atoms with van der Waals surface area (Å²) in [5.74, 6) is -1.23. The molecule has 0 atom stereocenters. The minimum atomic E-state index is -0.630. The van der Waals surface area contributed by atoms with E-state index in [1.54, 1.807) is 21.7 Å². The van der Waals surface area contributed by atoms with Crippen LogP contribution in [0.2, 0.25) is 0 Å². The Morgan fingerprint density at radius 3 is 2.37 bits per heavy atom. The monoisotopic (exact) mass is 372 g/mol. The fourth-order valence-electron chi connectivity index (χ4n) is 2.98. The quantitative estimate of drug-likeness (QED) is 0.533. The van der Waals surface area contributed by atoms with Crippen LogP contribution in [0.4, 0.5) is 0 Å². The molecule has 1 N–H and O–H groups in total. The number of aromatic nitrogens is 1. The highest BCUT2D eigenvalue weighted by Gasteiger charge is 2.22. The number of carbonyl (C=O) groups is 3. The SMILES string of the molecule is CCN(CC)C(=O)Cn1cc(C(=O)C(=O)NCCN(C)C)c2ccccc21.